The van der Waals surface area contributed by atoms with Crippen molar-refractivity contribution >= 4 is 17.5 Å². The Morgan fingerprint density at radius 2 is 2.10 bits per heavy atom. The van der Waals surface area contributed by atoms with Gasteiger partial charge < -0.3 is 15.6 Å². The molecular formula is C14H22N6O. The predicted octanol–water partition coefficient (Wildman–Crippen LogP) is 0.663. The SMILES string of the molecule is CNC(=O)C1CCCN1c1nc(C2CC2)nc(NN)c1C. The summed E-state index contributed by atoms with van der Waals surface area (Å²) in [5.74, 6) is 8.41. The molecular weight excluding hydrogens is 268 g/mol. The molecule has 2 fully saturated rings. The molecule has 1 atom stereocenters. The average molecular weight is 290 g/mol. The van der Waals surface area contributed by atoms with Crippen LogP contribution in [0.1, 0.15) is 43.0 Å². The lowest BCUT2D eigenvalue weighted by Gasteiger charge is -2.27. The van der Waals surface area contributed by atoms with Crippen LogP contribution >= 0.6 is 0 Å². The van der Waals surface area contributed by atoms with Gasteiger partial charge in [-0.1, -0.05) is 0 Å². The minimum absolute atomic E-state index is 0.0424. The van der Waals surface area contributed by atoms with Crippen LogP contribution in [0.4, 0.5) is 11.6 Å². The molecule has 1 saturated heterocycles. The van der Waals surface area contributed by atoms with Crippen molar-refractivity contribution in [2.24, 2.45) is 5.84 Å². The number of hydrazine groups is 1. The van der Waals surface area contributed by atoms with Crippen LogP contribution in [0.5, 0.6) is 0 Å². The third kappa shape index (κ3) is 2.53. The molecule has 114 valence electrons. The molecule has 4 N–H and O–H groups in total. The highest BCUT2D eigenvalue weighted by atomic mass is 16.2. The van der Waals surface area contributed by atoms with Crippen molar-refractivity contribution in [3.05, 3.63) is 11.4 Å². The number of carbonyl (C=O) groups excluding carboxylic acids is 1. The number of rotatable bonds is 4. The standard InChI is InChI=1S/C14H22N6O/c1-8-11(19-15)17-12(9-5-6-9)18-13(8)20-7-3-4-10(20)14(21)16-2/h9-10H,3-7,15H2,1-2H3,(H,16,21)(H,17,18,19). The van der Waals surface area contributed by atoms with E-state index < -0.39 is 0 Å². The van der Waals surface area contributed by atoms with Crippen molar-refractivity contribution in [1.82, 2.24) is 15.3 Å². The monoisotopic (exact) mass is 290 g/mol. The molecule has 2 aliphatic rings. The third-order valence-corrected chi connectivity index (χ3v) is 4.29. The Morgan fingerprint density at radius 3 is 2.71 bits per heavy atom. The van der Waals surface area contributed by atoms with Gasteiger partial charge in [-0.15, -0.1) is 0 Å². The van der Waals surface area contributed by atoms with Crippen molar-refractivity contribution in [3.8, 4) is 0 Å². The number of nitrogen functional groups attached to an aromatic ring is 1. The first-order valence-corrected chi connectivity index (χ1v) is 7.49. The van der Waals surface area contributed by atoms with Gasteiger partial charge in [-0.05, 0) is 32.6 Å². The lowest BCUT2D eigenvalue weighted by Crippen LogP contribution is -2.42. The number of aromatic nitrogens is 2. The molecule has 0 aromatic carbocycles. The largest absolute Gasteiger partial charge is 0.357 e. The minimum atomic E-state index is -0.152. The summed E-state index contributed by atoms with van der Waals surface area (Å²) in [4.78, 5) is 23.4. The number of likely N-dealkylation sites (N-methyl/N-ethyl adjacent to an activating group) is 1. The molecule has 7 nitrogen and oxygen atoms in total. The van der Waals surface area contributed by atoms with Crippen molar-refractivity contribution < 1.29 is 4.79 Å². The highest BCUT2D eigenvalue weighted by Gasteiger charge is 2.34. The summed E-state index contributed by atoms with van der Waals surface area (Å²) in [7, 11) is 1.67. The van der Waals surface area contributed by atoms with E-state index in [9.17, 15) is 4.79 Å². The number of amides is 1. The topological polar surface area (TPSA) is 96.2 Å². The first-order valence-electron chi connectivity index (χ1n) is 7.49. The molecule has 1 aromatic rings. The average Bonchev–Trinajstić information content (AvgIpc) is 3.24. The number of hydrogen-bond acceptors (Lipinski definition) is 6. The second-order valence-electron chi connectivity index (χ2n) is 5.76. The lowest BCUT2D eigenvalue weighted by molar-refractivity contribution is -0.121. The van der Waals surface area contributed by atoms with Crippen LogP contribution in [0.15, 0.2) is 0 Å². The summed E-state index contributed by atoms with van der Waals surface area (Å²) < 4.78 is 0. The number of nitrogens with one attached hydrogen (secondary N) is 2. The zero-order valence-corrected chi connectivity index (χ0v) is 12.5. The molecule has 1 aromatic heterocycles. The summed E-state index contributed by atoms with van der Waals surface area (Å²) in [6, 6.07) is -0.152. The minimum Gasteiger partial charge on any atom is -0.357 e. The molecule has 1 saturated carbocycles. The molecule has 0 spiro atoms. The zero-order valence-electron chi connectivity index (χ0n) is 12.5. The fourth-order valence-electron chi connectivity index (χ4n) is 2.93. The summed E-state index contributed by atoms with van der Waals surface area (Å²) in [6.07, 6.45) is 4.11. The molecule has 1 aliphatic heterocycles. The normalized spacial score (nSPS) is 21.5. The van der Waals surface area contributed by atoms with Gasteiger partial charge >= 0.3 is 0 Å². The van der Waals surface area contributed by atoms with Gasteiger partial charge in [0.15, 0.2) is 0 Å². The summed E-state index contributed by atoms with van der Waals surface area (Å²) in [6.45, 7) is 2.78. The fourth-order valence-corrected chi connectivity index (χ4v) is 2.93. The Hall–Kier alpha value is -1.89. The molecule has 1 aliphatic carbocycles. The summed E-state index contributed by atoms with van der Waals surface area (Å²) >= 11 is 0. The number of nitrogens with two attached hydrogens (primary N) is 1. The van der Waals surface area contributed by atoms with Crippen LogP contribution < -0.4 is 21.5 Å². The molecule has 1 unspecified atom stereocenters. The molecule has 21 heavy (non-hydrogen) atoms. The fraction of sp³-hybridized carbons (Fsp3) is 0.643. The zero-order chi connectivity index (χ0) is 15.0. The third-order valence-electron chi connectivity index (χ3n) is 4.29. The molecule has 1 amide bonds. The van der Waals surface area contributed by atoms with E-state index in [1.54, 1.807) is 7.05 Å². The number of hydrogen-bond donors (Lipinski definition) is 3. The quantitative estimate of drug-likeness (QED) is 0.557. The smallest absolute Gasteiger partial charge is 0.242 e. The first-order chi connectivity index (χ1) is 10.2. The van der Waals surface area contributed by atoms with Crippen LogP contribution in [-0.2, 0) is 4.79 Å². The summed E-state index contributed by atoms with van der Waals surface area (Å²) in [5.41, 5.74) is 3.56. The Bertz CT molecular complexity index is 557. The molecule has 0 radical (unpaired) electrons. The van der Waals surface area contributed by atoms with Crippen LogP contribution in [0, 0.1) is 6.92 Å². The molecule has 2 heterocycles. The Balaban J connectivity index is 1.99. The van der Waals surface area contributed by atoms with Gasteiger partial charge in [-0.3, -0.25) is 4.79 Å². The Morgan fingerprint density at radius 1 is 1.33 bits per heavy atom. The first kappa shape index (κ1) is 14.1. The van der Waals surface area contributed by atoms with E-state index in [2.05, 4.69) is 20.6 Å². The van der Waals surface area contributed by atoms with Crippen LogP contribution in [0.25, 0.3) is 0 Å². The maximum absolute atomic E-state index is 12.1. The second kappa shape index (κ2) is 5.48. The highest BCUT2D eigenvalue weighted by Crippen LogP contribution is 2.40. The lowest BCUT2D eigenvalue weighted by atomic mass is 10.2. The highest BCUT2D eigenvalue weighted by molar-refractivity contribution is 5.85. The van der Waals surface area contributed by atoms with E-state index in [-0.39, 0.29) is 11.9 Å². The van der Waals surface area contributed by atoms with Gasteiger partial charge in [-0.2, -0.15) is 0 Å². The summed E-state index contributed by atoms with van der Waals surface area (Å²) in [5, 5.41) is 2.74. The number of carbonyl (C=O) groups is 1. The Labute approximate surface area is 124 Å². The van der Waals surface area contributed by atoms with Gasteiger partial charge in [0.1, 0.15) is 23.5 Å². The van der Waals surface area contributed by atoms with Crippen molar-refractivity contribution in [2.75, 3.05) is 23.9 Å². The molecule has 3 rings (SSSR count). The second-order valence-corrected chi connectivity index (χ2v) is 5.76. The van der Waals surface area contributed by atoms with Crippen molar-refractivity contribution in [2.45, 2.75) is 44.6 Å². The van der Waals surface area contributed by atoms with Gasteiger partial charge in [-0.25, -0.2) is 15.8 Å². The van der Waals surface area contributed by atoms with Gasteiger partial charge in [0, 0.05) is 25.1 Å². The predicted molar refractivity (Wildman–Crippen MR) is 81.0 cm³/mol. The van der Waals surface area contributed by atoms with Crippen LogP contribution in [-0.4, -0.2) is 35.5 Å². The van der Waals surface area contributed by atoms with E-state index in [1.807, 2.05) is 6.92 Å². The molecule has 7 heteroatoms. The van der Waals surface area contributed by atoms with Crippen molar-refractivity contribution in [1.29, 1.82) is 0 Å². The number of nitrogens with zero attached hydrogens (tertiary/aromatic N) is 3. The van der Waals surface area contributed by atoms with Gasteiger partial charge in [0.2, 0.25) is 5.91 Å². The van der Waals surface area contributed by atoms with Crippen molar-refractivity contribution in [3.63, 3.8) is 0 Å². The van der Waals surface area contributed by atoms with E-state index >= 15 is 0 Å². The Kier molecular flexibility index (Phi) is 3.67. The maximum atomic E-state index is 12.1. The van der Waals surface area contributed by atoms with E-state index in [4.69, 9.17) is 10.8 Å². The molecule has 0 bridgehead atoms. The van der Waals surface area contributed by atoms with Crippen LogP contribution in [0.2, 0.25) is 0 Å². The van der Waals surface area contributed by atoms with Gasteiger partial charge in [0.05, 0.1) is 0 Å². The van der Waals surface area contributed by atoms with E-state index in [0.717, 1.165) is 49.4 Å². The van der Waals surface area contributed by atoms with Gasteiger partial charge in [0.25, 0.3) is 0 Å². The van der Waals surface area contributed by atoms with E-state index in [0.29, 0.717) is 11.7 Å². The van der Waals surface area contributed by atoms with E-state index in [1.165, 1.54) is 0 Å². The maximum Gasteiger partial charge on any atom is 0.242 e. The number of anilines is 2. The van der Waals surface area contributed by atoms with Crippen LogP contribution in [0.3, 0.4) is 0 Å².